The first-order chi connectivity index (χ1) is 9.60. The summed E-state index contributed by atoms with van der Waals surface area (Å²) in [6.45, 7) is 0.274. The van der Waals surface area contributed by atoms with Crippen molar-refractivity contribution in [3.05, 3.63) is 63.6 Å². The molecule has 0 aliphatic carbocycles. The number of nitriles is 1. The van der Waals surface area contributed by atoms with E-state index < -0.39 is 5.97 Å². The molecule has 1 N–H and O–H groups in total. The minimum Gasteiger partial charge on any atom is -0.488 e. The second kappa shape index (κ2) is 6.22. The molecule has 0 aromatic heterocycles. The first kappa shape index (κ1) is 14.1. The van der Waals surface area contributed by atoms with Crippen LogP contribution in [0.5, 0.6) is 5.75 Å². The van der Waals surface area contributed by atoms with Gasteiger partial charge < -0.3 is 9.84 Å². The molecule has 2 aromatic rings. The van der Waals surface area contributed by atoms with Crippen LogP contribution in [-0.4, -0.2) is 11.1 Å². The summed E-state index contributed by atoms with van der Waals surface area (Å²) in [6, 6.07) is 13.7. The lowest BCUT2D eigenvalue weighted by Gasteiger charge is -2.08. The number of carboxylic acids is 1. The summed E-state index contributed by atoms with van der Waals surface area (Å²) in [6.07, 6.45) is 0. The molecule has 0 spiro atoms. The molecule has 0 radical (unpaired) electrons. The minimum atomic E-state index is -0.961. The number of carbonyl (C=O) groups is 1. The monoisotopic (exact) mass is 331 g/mol. The van der Waals surface area contributed by atoms with Crippen LogP contribution in [0.25, 0.3) is 0 Å². The number of aromatic carboxylic acids is 1. The predicted octanol–water partition coefficient (Wildman–Crippen LogP) is 3.60. The van der Waals surface area contributed by atoms with Gasteiger partial charge in [-0.25, -0.2) is 4.79 Å². The highest BCUT2D eigenvalue weighted by atomic mass is 79.9. The molecule has 0 unspecified atom stereocenters. The van der Waals surface area contributed by atoms with E-state index in [0.29, 0.717) is 11.3 Å². The van der Waals surface area contributed by atoms with Crippen molar-refractivity contribution < 1.29 is 14.6 Å². The number of benzene rings is 2. The van der Waals surface area contributed by atoms with Crippen molar-refractivity contribution in [1.29, 1.82) is 5.26 Å². The molecule has 0 saturated heterocycles. The van der Waals surface area contributed by atoms with Crippen LogP contribution in [-0.2, 0) is 6.61 Å². The molecule has 20 heavy (non-hydrogen) atoms. The number of hydrogen-bond donors (Lipinski definition) is 1. The zero-order valence-corrected chi connectivity index (χ0v) is 11.9. The number of nitrogens with zero attached hydrogens (tertiary/aromatic N) is 1. The molecule has 0 bridgehead atoms. The van der Waals surface area contributed by atoms with Crippen LogP contribution >= 0.6 is 15.9 Å². The smallest absolute Gasteiger partial charge is 0.335 e. The van der Waals surface area contributed by atoms with Crippen molar-refractivity contribution in [3.8, 4) is 11.8 Å². The van der Waals surface area contributed by atoms with Gasteiger partial charge in [0.25, 0.3) is 0 Å². The molecule has 0 amide bonds. The summed E-state index contributed by atoms with van der Waals surface area (Å²) in [7, 11) is 0. The van der Waals surface area contributed by atoms with Crippen molar-refractivity contribution >= 4 is 21.9 Å². The van der Waals surface area contributed by atoms with Gasteiger partial charge in [-0.2, -0.15) is 5.26 Å². The maximum absolute atomic E-state index is 10.7. The van der Waals surface area contributed by atoms with Gasteiger partial charge >= 0.3 is 5.97 Å². The molecule has 5 heteroatoms. The van der Waals surface area contributed by atoms with E-state index >= 15 is 0 Å². The highest BCUT2D eigenvalue weighted by Gasteiger charge is 2.05. The minimum absolute atomic E-state index is 0.232. The molecule has 0 aliphatic heterocycles. The Labute approximate surface area is 124 Å². The highest BCUT2D eigenvalue weighted by molar-refractivity contribution is 9.10. The van der Waals surface area contributed by atoms with E-state index in [1.165, 1.54) is 12.1 Å². The summed E-state index contributed by atoms with van der Waals surface area (Å²) < 4.78 is 6.39. The first-order valence-electron chi connectivity index (χ1n) is 5.75. The molecule has 4 nitrogen and oxygen atoms in total. The Bertz CT molecular complexity index is 675. The molecule has 2 rings (SSSR count). The molecular weight excluding hydrogens is 322 g/mol. The zero-order chi connectivity index (χ0) is 14.5. The van der Waals surface area contributed by atoms with Crippen LogP contribution in [0.2, 0.25) is 0 Å². The van der Waals surface area contributed by atoms with Gasteiger partial charge in [0.2, 0.25) is 0 Å². The summed E-state index contributed by atoms with van der Waals surface area (Å²) >= 11 is 3.29. The van der Waals surface area contributed by atoms with Crippen molar-refractivity contribution in [3.63, 3.8) is 0 Å². The SMILES string of the molecule is N#Cc1cc(Br)ccc1OCc1ccc(C(=O)O)cc1. The Kier molecular flexibility index (Phi) is 4.38. The Balaban J connectivity index is 2.09. The fraction of sp³-hybridized carbons (Fsp3) is 0.0667. The van der Waals surface area contributed by atoms with Gasteiger partial charge in [-0.3, -0.25) is 0 Å². The Morgan fingerprint density at radius 2 is 1.95 bits per heavy atom. The van der Waals surface area contributed by atoms with E-state index in [-0.39, 0.29) is 12.2 Å². The van der Waals surface area contributed by atoms with Crippen LogP contribution in [0.15, 0.2) is 46.9 Å². The lowest BCUT2D eigenvalue weighted by Crippen LogP contribution is -1.99. The first-order valence-corrected chi connectivity index (χ1v) is 6.54. The van der Waals surface area contributed by atoms with Crippen LogP contribution in [0, 0.1) is 11.3 Å². The normalized spacial score (nSPS) is 9.80. The van der Waals surface area contributed by atoms with Crippen LogP contribution < -0.4 is 4.74 Å². The molecule has 0 fully saturated rings. The quantitative estimate of drug-likeness (QED) is 0.929. The highest BCUT2D eigenvalue weighted by Crippen LogP contribution is 2.23. The van der Waals surface area contributed by atoms with E-state index in [2.05, 4.69) is 22.0 Å². The Morgan fingerprint density at radius 1 is 1.25 bits per heavy atom. The van der Waals surface area contributed by atoms with Gasteiger partial charge in [0.15, 0.2) is 0 Å². The van der Waals surface area contributed by atoms with E-state index in [4.69, 9.17) is 15.1 Å². The fourth-order valence-electron chi connectivity index (χ4n) is 1.62. The lowest BCUT2D eigenvalue weighted by atomic mass is 10.1. The summed E-state index contributed by atoms with van der Waals surface area (Å²) in [4.78, 5) is 10.7. The second-order valence-electron chi connectivity index (χ2n) is 4.04. The third kappa shape index (κ3) is 3.37. The van der Waals surface area contributed by atoms with Crippen LogP contribution in [0.4, 0.5) is 0 Å². The van der Waals surface area contributed by atoms with Crippen molar-refractivity contribution in [2.24, 2.45) is 0 Å². The van der Waals surface area contributed by atoms with Crippen molar-refractivity contribution in [1.82, 2.24) is 0 Å². The average molecular weight is 332 g/mol. The number of rotatable bonds is 4. The van der Waals surface area contributed by atoms with E-state index in [1.807, 2.05) is 0 Å². The summed E-state index contributed by atoms with van der Waals surface area (Å²) in [5.41, 5.74) is 1.51. The Hall–Kier alpha value is -2.32. The molecular formula is C15H10BrNO3. The van der Waals surface area contributed by atoms with Gasteiger partial charge in [-0.15, -0.1) is 0 Å². The molecule has 0 aliphatic rings. The largest absolute Gasteiger partial charge is 0.488 e. The summed E-state index contributed by atoms with van der Waals surface area (Å²) in [5.74, 6) is -0.463. The molecule has 0 saturated carbocycles. The van der Waals surface area contributed by atoms with Gasteiger partial charge in [-0.1, -0.05) is 28.1 Å². The van der Waals surface area contributed by atoms with Crippen LogP contribution in [0.1, 0.15) is 21.5 Å². The fourth-order valence-corrected chi connectivity index (χ4v) is 1.98. The number of halogens is 1. The number of carboxylic acid groups (broad SMARTS) is 1. The lowest BCUT2D eigenvalue weighted by molar-refractivity contribution is 0.0697. The third-order valence-corrected chi connectivity index (χ3v) is 3.15. The van der Waals surface area contributed by atoms with Gasteiger partial charge in [0.05, 0.1) is 11.1 Å². The van der Waals surface area contributed by atoms with Crippen molar-refractivity contribution in [2.45, 2.75) is 6.61 Å². The average Bonchev–Trinajstić information content (AvgIpc) is 2.46. The topological polar surface area (TPSA) is 70.3 Å². The van der Waals surface area contributed by atoms with Gasteiger partial charge in [0.1, 0.15) is 18.4 Å². The standard InChI is InChI=1S/C15H10BrNO3/c16-13-5-6-14(12(7-13)8-17)20-9-10-1-3-11(4-2-10)15(18)19/h1-7H,9H2,(H,18,19). The van der Waals surface area contributed by atoms with E-state index in [9.17, 15) is 4.79 Å². The number of hydrogen-bond acceptors (Lipinski definition) is 3. The van der Waals surface area contributed by atoms with Gasteiger partial charge in [-0.05, 0) is 35.9 Å². The van der Waals surface area contributed by atoms with E-state index in [0.717, 1.165) is 10.0 Å². The third-order valence-electron chi connectivity index (χ3n) is 2.66. The van der Waals surface area contributed by atoms with Gasteiger partial charge in [0, 0.05) is 4.47 Å². The van der Waals surface area contributed by atoms with E-state index in [1.54, 1.807) is 30.3 Å². The molecule has 100 valence electrons. The van der Waals surface area contributed by atoms with Crippen molar-refractivity contribution in [2.75, 3.05) is 0 Å². The molecule has 0 atom stereocenters. The van der Waals surface area contributed by atoms with Crippen LogP contribution in [0.3, 0.4) is 0 Å². The molecule has 0 heterocycles. The zero-order valence-electron chi connectivity index (χ0n) is 10.3. The maximum Gasteiger partial charge on any atom is 0.335 e. The summed E-state index contributed by atoms with van der Waals surface area (Å²) in [5, 5.41) is 17.8. The predicted molar refractivity (Wildman–Crippen MR) is 76.6 cm³/mol. The second-order valence-corrected chi connectivity index (χ2v) is 4.96. The Morgan fingerprint density at radius 3 is 2.55 bits per heavy atom. The number of ether oxygens (including phenoxy) is 1. The maximum atomic E-state index is 10.7. The molecule has 2 aromatic carbocycles.